The predicted molar refractivity (Wildman–Crippen MR) is 87.9 cm³/mol. The van der Waals surface area contributed by atoms with Gasteiger partial charge in [0, 0.05) is 16.8 Å². The number of amides is 1. The summed E-state index contributed by atoms with van der Waals surface area (Å²) in [6.45, 7) is 1.85. The lowest BCUT2D eigenvalue weighted by atomic mass is 10.1. The molecule has 0 fully saturated rings. The quantitative estimate of drug-likeness (QED) is 0.818. The van der Waals surface area contributed by atoms with E-state index < -0.39 is 17.6 Å². The van der Waals surface area contributed by atoms with Crippen molar-refractivity contribution >= 4 is 23.2 Å². The second kappa shape index (κ2) is 7.68. The Kier molecular flexibility index (Phi) is 5.85. The highest BCUT2D eigenvalue weighted by Gasteiger charge is 2.30. The molecule has 2 aromatic carbocycles. The van der Waals surface area contributed by atoms with E-state index in [2.05, 4.69) is 10.6 Å². The van der Waals surface area contributed by atoms with Crippen LogP contribution < -0.4 is 10.6 Å². The molecule has 0 heterocycles. The molecule has 0 aromatic heterocycles. The monoisotopic (exact) mass is 356 g/mol. The molecule has 3 nitrogen and oxygen atoms in total. The summed E-state index contributed by atoms with van der Waals surface area (Å²) < 4.78 is 37.9. The van der Waals surface area contributed by atoms with E-state index in [9.17, 15) is 18.0 Å². The molecule has 0 saturated heterocycles. The van der Waals surface area contributed by atoms with Gasteiger partial charge in [0.05, 0.1) is 12.1 Å². The highest BCUT2D eigenvalue weighted by molar-refractivity contribution is 6.30. The van der Waals surface area contributed by atoms with E-state index in [1.165, 1.54) is 12.1 Å². The summed E-state index contributed by atoms with van der Waals surface area (Å²) in [5, 5.41) is 6.07. The number of anilines is 1. The van der Waals surface area contributed by atoms with Crippen LogP contribution in [0.15, 0.2) is 48.5 Å². The number of carbonyl (C=O) groups is 1. The Morgan fingerprint density at radius 2 is 1.83 bits per heavy atom. The Bertz CT molecular complexity index is 702. The maximum absolute atomic E-state index is 12.6. The van der Waals surface area contributed by atoms with Gasteiger partial charge in [0.1, 0.15) is 0 Å². The molecule has 0 aliphatic rings. The van der Waals surface area contributed by atoms with Crippen LogP contribution in [0.3, 0.4) is 0 Å². The van der Waals surface area contributed by atoms with Gasteiger partial charge in [-0.05, 0) is 42.8 Å². The van der Waals surface area contributed by atoms with Gasteiger partial charge in [0.2, 0.25) is 5.91 Å². The van der Waals surface area contributed by atoms with Crippen molar-refractivity contribution in [2.24, 2.45) is 0 Å². The van der Waals surface area contributed by atoms with Crippen LogP contribution in [-0.2, 0) is 11.0 Å². The number of hydrogen-bond donors (Lipinski definition) is 2. The zero-order valence-corrected chi connectivity index (χ0v) is 13.6. The van der Waals surface area contributed by atoms with Gasteiger partial charge in [-0.2, -0.15) is 13.2 Å². The first-order valence-corrected chi connectivity index (χ1v) is 7.59. The molecule has 1 atom stereocenters. The first-order valence-electron chi connectivity index (χ1n) is 7.21. The number of benzene rings is 2. The molecule has 7 heteroatoms. The topological polar surface area (TPSA) is 41.1 Å². The minimum Gasteiger partial charge on any atom is -0.325 e. The Labute approximate surface area is 142 Å². The van der Waals surface area contributed by atoms with Crippen LogP contribution in [0.5, 0.6) is 0 Å². The molecule has 0 spiro atoms. The fraction of sp³-hybridized carbons (Fsp3) is 0.235. The van der Waals surface area contributed by atoms with Gasteiger partial charge in [-0.3, -0.25) is 4.79 Å². The highest BCUT2D eigenvalue weighted by atomic mass is 35.5. The van der Waals surface area contributed by atoms with Crippen molar-refractivity contribution in [1.29, 1.82) is 0 Å². The van der Waals surface area contributed by atoms with E-state index in [-0.39, 0.29) is 18.3 Å². The van der Waals surface area contributed by atoms with Crippen LogP contribution >= 0.6 is 11.6 Å². The van der Waals surface area contributed by atoms with E-state index in [4.69, 9.17) is 11.6 Å². The minimum absolute atomic E-state index is 0.0277. The first-order chi connectivity index (χ1) is 11.3. The molecule has 1 amide bonds. The molecular weight excluding hydrogens is 341 g/mol. The Balaban J connectivity index is 1.90. The number of hydrogen-bond acceptors (Lipinski definition) is 2. The van der Waals surface area contributed by atoms with Crippen molar-refractivity contribution in [2.45, 2.75) is 19.1 Å². The third kappa shape index (κ3) is 5.25. The van der Waals surface area contributed by atoms with Crippen LogP contribution in [0.2, 0.25) is 5.02 Å². The molecule has 0 aliphatic carbocycles. The van der Waals surface area contributed by atoms with Crippen molar-refractivity contribution in [3.8, 4) is 0 Å². The molecular formula is C17H16ClF3N2O. The van der Waals surface area contributed by atoms with Crippen LogP contribution in [0, 0.1) is 0 Å². The third-order valence-electron chi connectivity index (χ3n) is 3.41. The lowest BCUT2D eigenvalue weighted by Gasteiger charge is -2.15. The van der Waals surface area contributed by atoms with Gasteiger partial charge >= 0.3 is 6.18 Å². The van der Waals surface area contributed by atoms with Crippen molar-refractivity contribution in [2.75, 3.05) is 11.9 Å². The number of rotatable bonds is 5. The van der Waals surface area contributed by atoms with Crippen molar-refractivity contribution < 1.29 is 18.0 Å². The van der Waals surface area contributed by atoms with Crippen LogP contribution in [0.4, 0.5) is 18.9 Å². The number of carbonyl (C=O) groups excluding carboxylic acids is 1. The molecule has 0 unspecified atom stereocenters. The number of halogens is 4. The molecule has 2 N–H and O–H groups in total. The summed E-state index contributed by atoms with van der Waals surface area (Å²) >= 11 is 5.81. The summed E-state index contributed by atoms with van der Waals surface area (Å²) in [6.07, 6.45) is -4.44. The van der Waals surface area contributed by atoms with Crippen LogP contribution in [0.25, 0.3) is 0 Å². The van der Waals surface area contributed by atoms with E-state index in [0.717, 1.165) is 17.7 Å². The van der Waals surface area contributed by atoms with E-state index in [1.54, 1.807) is 12.1 Å². The lowest BCUT2D eigenvalue weighted by molar-refractivity contribution is -0.137. The zero-order chi connectivity index (χ0) is 17.7. The third-order valence-corrected chi connectivity index (χ3v) is 3.66. The van der Waals surface area contributed by atoms with Gasteiger partial charge in [0.25, 0.3) is 0 Å². The molecule has 0 radical (unpaired) electrons. The second-order valence-electron chi connectivity index (χ2n) is 5.28. The van der Waals surface area contributed by atoms with Crippen molar-refractivity contribution in [3.05, 3.63) is 64.7 Å². The summed E-state index contributed by atoms with van der Waals surface area (Å²) in [5.41, 5.74) is 0.254. The predicted octanol–water partition coefficient (Wildman–Crippen LogP) is 4.65. The van der Waals surface area contributed by atoms with E-state index in [0.29, 0.717) is 5.02 Å². The van der Waals surface area contributed by atoms with Gasteiger partial charge < -0.3 is 10.6 Å². The molecule has 2 rings (SSSR count). The largest absolute Gasteiger partial charge is 0.416 e. The van der Waals surface area contributed by atoms with Gasteiger partial charge in [-0.25, -0.2) is 0 Å². The SMILES string of the molecule is C[C@@H](NCC(=O)Nc1cccc(C(F)(F)F)c1)c1ccc(Cl)cc1. The minimum atomic E-state index is -4.44. The normalized spacial score (nSPS) is 12.7. The van der Waals surface area contributed by atoms with Gasteiger partial charge in [-0.1, -0.05) is 29.8 Å². The Morgan fingerprint density at radius 1 is 1.17 bits per heavy atom. The second-order valence-corrected chi connectivity index (χ2v) is 5.72. The van der Waals surface area contributed by atoms with E-state index >= 15 is 0 Å². The maximum Gasteiger partial charge on any atom is 0.416 e. The molecule has 24 heavy (non-hydrogen) atoms. The number of nitrogens with one attached hydrogen (secondary N) is 2. The van der Waals surface area contributed by atoms with Crippen molar-refractivity contribution in [1.82, 2.24) is 5.32 Å². The summed E-state index contributed by atoms with van der Waals surface area (Å²) in [6, 6.07) is 11.6. The standard InChI is InChI=1S/C17H16ClF3N2O/c1-11(12-5-7-14(18)8-6-12)22-10-16(24)23-15-4-2-3-13(9-15)17(19,20)21/h2-9,11,22H,10H2,1H3,(H,23,24)/t11-/m1/s1. The highest BCUT2D eigenvalue weighted by Crippen LogP contribution is 2.30. The molecule has 0 saturated carbocycles. The summed E-state index contributed by atoms with van der Waals surface area (Å²) in [5.74, 6) is -0.421. The van der Waals surface area contributed by atoms with Crippen molar-refractivity contribution in [3.63, 3.8) is 0 Å². The van der Waals surface area contributed by atoms with E-state index in [1.807, 2.05) is 19.1 Å². The molecule has 0 bridgehead atoms. The van der Waals surface area contributed by atoms with Crippen LogP contribution in [0.1, 0.15) is 24.1 Å². The van der Waals surface area contributed by atoms with Crippen LogP contribution in [-0.4, -0.2) is 12.5 Å². The number of alkyl halides is 3. The average molecular weight is 357 g/mol. The summed E-state index contributed by atoms with van der Waals surface area (Å²) in [4.78, 5) is 11.9. The molecule has 128 valence electrons. The average Bonchev–Trinajstić information content (AvgIpc) is 2.53. The Morgan fingerprint density at radius 3 is 2.46 bits per heavy atom. The van der Waals surface area contributed by atoms with Gasteiger partial charge in [0.15, 0.2) is 0 Å². The fourth-order valence-electron chi connectivity index (χ4n) is 2.09. The maximum atomic E-state index is 12.6. The molecule has 2 aromatic rings. The summed E-state index contributed by atoms with van der Waals surface area (Å²) in [7, 11) is 0. The molecule has 0 aliphatic heterocycles. The zero-order valence-electron chi connectivity index (χ0n) is 12.8. The first kappa shape index (κ1) is 18.3. The van der Waals surface area contributed by atoms with Gasteiger partial charge in [-0.15, -0.1) is 0 Å². The Hall–Kier alpha value is -2.05. The lowest BCUT2D eigenvalue weighted by Crippen LogP contribution is -2.30. The smallest absolute Gasteiger partial charge is 0.325 e. The fourth-order valence-corrected chi connectivity index (χ4v) is 2.22.